The van der Waals surface area contributed by atoms with Crippen molar-refractivity contribution in [2.24, 2.45) is 0 Å². The van der Waals surface area contributed by atoms with Crippen LogP contribution < -0.4 is 10.9 Å². The first kappa shape index (κ1) is 19.7. The molecular weight excluding hydrogens is 385 g/mol. The summed E-state index contributed by atoms with van der Waals surface area (Å²) in [5.41, 5.74) is -0.856. The van der Waals surface area contributed by atoms with E-state index in [4.69, 9.17) is 4.74 Å². The molecule has 0 saturated carbocycles. The second-order valence-electron chi connectivity index (χ2n) is 5.89. The Morgan fingerprint density at radius 2 is 2.04 bits per heavy atom. The van der Waals surface area contributed by atoms with E-state index < -0.39 is 17.3 Å². The second kappa shape index (κ2) is 8.30. The predicted octanol–water partition coefficient (Wildman–Crippen LogP) is 3.50. The fourth-order valence-corrected chi connectivity index (χ4v) is 3.65. The van der Waals surface area contributed by atoms with Crippen molar-refractivity contribution >= 4 is 39.0 Å². The summed E-state index contributed by atoms with van der Waals surface area (Å²) in [6.07, 6.45) is 0.931. The van der Waals surface area contributed by atoms with Gasteiger partial charge in [0, 0.05) is 17.2 Å². The molecule has 0 spiro atoms. The third-order valence-corrected chi connectivity index (χ3v) is 4.83. The SMILES string of the molecule is CCCC(=O)Nc1scc2c(C(=O)OCC)nn(-c3ccccc3F)c(=O)c12. The molecule has 3 rings (SSSR count). The summed E-state index contributed by atoms with van der Waals surface area (Å²) in [5.74, 6) is -1.66. The van der Waals surface area contributed by atoms with Gasteiger partial charge in [-0.1, -0.05) is 19.1 Å². The molecule has 9 heteroatoms. The normalized spacial score (nSPS) is 10.8. The van der Waals surface area contributed by atoms with Gasteiger partial charge in [-0.3, -0.25) is 9.59 Å². The van der Waals surface area contributed by atoms with Gasteiger partial charge in [0.1, 0.15) is 16.5 Å². The molecule has 146 valence electrons. The van der Waals surface area contributed by atoms with E-state index in [0.29, 0.717) is 6.42 Å². The second-order valence-corrected chi connectivity index (χ2v) is 6.77. The van der Waals surface area contributed by atoms with Gasteiger partial charge in [0.05, 0.1) is 12.0 Å². The average molecular weight is 403 g/mol. The van der Waals surface area contributed by atoms with E-state index >= 15 is 0 Å². The number of aromatic nitrogens is 2. The first-order valence-corrected chi connectivity index (χ1v) is 9.62. The van der Waals surface area contributed by atoms with E-state index in [2.05, 4.69) is 10.4 Å². The van der Waals surface area contributed by atoms with Crippen molar-refractivity contribution in [2.45, 2.75) is 26.7 Å². The van der Waals surface area contributed by atoms with Crippen LogP contribution in [0.25, 0.3) is 16.5 Å². The number of nitrogens with one attached hydrogen (secondary N) is 1. The number of carbonyl (C=O) groups is 2. The number of amides is 1. The lowest BCUT2D eigenvalue weighted by Crippen LogP contribution is -2.26. The van der Waals surface area contributed by atoms with E-state index in [1.54, 1.807) is 18.4 Å². The van der Waals surface area contributed by atoms with Gasteiger partial charge < -0.3 is 10.1 Å². The number of nitrogens with zero attached hydrogens (tertiary/aromatic N) is 2. The minimum absolute atomic E-state index is 0.0933. The molecule has 1 N–H and O–H groups in total. The number of esters is 1. The highest BCUT2D eigenvalue weighted by molar-refractivity contribution is 7.16. The molecule has 3 aromatic rings. The molecule has 0 fully saturated rings. The van der Waals surface area contributed by atoms with Crippen LogP contribution in [0.5, 0.6) is 0 Å². The molecule has 1 amide bonds. The maximum absolute atomic E-state index is 14.3. The Bertz CT molecular complexity index is 1110. The summed E-state index contributed by atoms with van der Waals surface area (Å²) in [6, 6.07) is 5.61. The highest BCUT2D eigenvalue weighted by Crippen LogP contribution is 2.31. The lowest BCUT2D eigenvalue weighted by Gasteiger charge is -2.10. The Balaban J connectivity index is 2.28. The van der Waals surface area contributed by atoms with Gasteiger partial charge in [0.15, 0.2) is 5.69 Å². The van der Waals surface area contributed by atoms with Crippen LogP contribution in [0.3, 0.4) is 0 Å². The Hall–Kier alpha value is -3.07. The zero-order valence-corrected chi connectivity index (χ0v) is 16.1. The third kappa shape index (κ3) is 3.65. The Morgan fingerprint density at radius 3 is 2.71 bits per heavy atom. The van der Waals surface area contributed by atoms with Crippen LogP contribution in [0.2, 0.25) is 0 Å². The standard InChI is InChI=1S/C19H18FN3O4S/c1-3-7-14(24)21-17-15-11(10-28-17)16(19(26)27-4-2)22-23(18(15)25)13-9-6-5-8-12(13)20/h5-6,8-10H,3-4,7H2,1-2H3,(H,21,24). The van der Waals surface area contributed by atoms with Crippen LogP contribution in [-0.4, -0.2) is 28.3 Å². The van der Waals surface area contributed by atoms with Crippen molar-refractivity contribution in [1.82, 2.24) is 9.78 Å². The topological polar surface area (TPSA) is 90.3 Å². The van der Waals surface area contributed by atoms with Crippen molar-refractivity contribution in [3.05, 3.63) is 51.5 Å². The van der Waals surface area contributed by atoms with E-state index in [0.717, 1.165) is 16.0 Å². The maximum Gasteiger partial charge on any atom is 0.359 e. The number of anilines is 1. The van der Waals surface area contributed by atoms with E-state index in [1.165, 1.54) is 18.2 Å². The Morgan fingerprint density at radius 1 is 1.29 bits per heavy atom. The van der Waals surface area contributed by atoms with E-state index in [9.17, 15) is 18.8 Å². The largest absolute Gasteiger partial charge is 0.461 e. The lowest BCUT2D eigenvalue weighted by molar-refractivity contribution is -0.116. The summed E-state index contributed by atoms with van der Waals surface area (Å²) in [7, 11) is 0. The zero-order chi connectivity index (χ0) is 20.3. The monoisotopic (exact) mass is 403 g/mol. The molecule has 0 unspecified atom stereocenters. The van der Waals surface area contributed by atoms with Crippen LogP contribution in [-0.2, 0) is 9.53 Å². The number of halogens is 1. The van der Waals surface area contributed by atoms with Gasteiger partial charge in [0.2, 0.25) is 5.91 Å². The highest BCUT2D eigenvalue weighted by atomic mass is 32.1. The molecule has 0 atom stereocenters. The highest BCUT2D eigenvalue weighted by Gasteiger charge is 2.23. The summed E-state index contributed by atoms with van der Waals surface area (Å²) >= 11 is 1.10. The fourth-order valence-electron chi connectivity index (χ4n) is 2.69. The molecular formula is C19H18FN3O4S. The van der Waals surface area contributed by atoms with Gasteiger partial charge in [-0.2, -0.15) is 9.78 Å². The molecule has 0 bridgehead atoms. The van der Waals surface area contributed by atoms with Crippen molar-refractivity contribution < 1.29 is 18.7 Å². The zero-order valence-electron chi connectivity index (χ0n) is 15.3. The van der Waals surface area contributed by atoms with Crippen LogP contribution in [0.4, 0.5) is 9.39 Å². The Labute approximate surface area is 163 Å². The number of rotatable bonds is 6. The van der Waals surface area contributed by atoms with Crippen LogP contribution in [0, 0.1) is 5.82 Å². The number of carbonyl (C=O) groups excluding carboxylic acids is 2. The molecule has 1 aromatic carbocycles. The van der Waals surface area contributed by atoms with Gasteiger partial charge in [0.25, 0.3) is 5.56 Å². The molecule has 0 saturated heterocycles. The molecule has 2 heterocycles. The first-order chi connectivity index (χ1) is 13.5. The minimum atomic E-state index is -0.734. The first-order valence-electron chi connectivity index (χ1n) is 8.74. The summed E-state index contributed by atoms with van der Waals surface area (Å²) in [6.45, 7) is 3.62. The number of benzene rings is 1. The molecule has 0 aliphatic rings. The molecule has 0 aliphatic carbocycles. The molecule has 0 aliphatic heterocycles. The molecule has 28 heavy (non-hydrogen) atoms. The smallest absolute Gasteiger partial charge is 0.359 e. The Kier molecular flexibility index (Phi) is 5.84. The predicted molar refractivity (Wildman–Crippen MR) is 105 cm³/mol. The van der Waals surface area contributed by atoms with Crippen LogP contribution in [0.1, 0.15) is 37.2 Å². The van der Waals surface area contributed by atoms with Gasteiger partial charge in [-0.15, -0.1) is 11.3 Å². The van der Waals surface area contributed by atoms with E-state index in [-0.39, 0.29) is 46.1 Å². The van der Waals surface area contributed by atoms with Gasteiger partial charge >= 0.3 is 5.97 Å². The van der Waals surface area contributed by atoms with Crippen molar-refractivity contribution in [3.8, 4) is 5.69 Å². The summed E-state index contributed by atoms with van der Waals surface area (Å²) in [5, 5.41) is 8.95. The minimum Gasteiger partial charge on any atom is -0.461 e. The maximum atomic E-state index is 14.3. The van der Waals surface area contributed by atoms with Crippen molar-refractivity contribution in [2.75, 3.05) is 11.9 Å². The van der Waals surface area contributed by atoms with Gasteiger partial charge in [-0.25, -0.2) is 9.18 Å². The van der Waals surface area contributed by atoms with Crippen LogP contribution >= 0.6 is 11.3 Å². The number of fused-ring (bicyclic) bond motifs is 1. The van der Waals surface area contributed by atoms with Crippen LogP contribution in [0.15, 0.2) is 34.4 Å². The lowest BCUT2D eigenvalue weighted by atomic mass is 10.2. The molecule has 2 aromatic heterocycles. The summed E-state index contributed by atoms with van der Waals surface area (Å²) in [4.78, 5) is 37.5. The number of thiophene rings is 1. The summed E-state index contributed by atoms with van der Waals surface area (Å²) < 4.78 is 20.1. The number of hydrogen-bond donors (Lipinski definition) is 1. The van der Waals surface area contributed by atoms with E-state index in [1.807, 2.05) is 6.92 Å². The third-order valence-electron chi connectivity index (χ3n) is 3.93. The molecule has 0 radical (unpaired) electrons. The number of hydrogen-bond acceptors (Lipinski definition) is 6. The fraction of sp³-hybridized carbons (Fsp3) is 0.263. The van der Waals surface area contributed by atoms with Gasteiger partial charge in [-0.05, 0) is 25.5 Å². The quantitative estimate of drug-likeness (QED) is 0.636. The number of ether oxygens (including phenoxy) is 1. The number of para-hydroxylation sites is 1. The van der Waals surface area contributed by atoms with Crippen molar-refractivity contribution in [1.29, 1.82) is 0 Å². The molecule has 7 nitrogen and oxygen atoms in total. The average Bonchev–Trinajstić information content (AvgIpc) is 3.07. The van der Waals surface area contributed by atoms with Crippen molar-refractivity contribution in [3.63, 3.8) is 0 Å².